The average Bonchev–Trinajstić information content (AvgIpc) is 2.27. The van der Waals surface area contributed by atoms with E-state index >= 15 is 0 Å². The van der Waals surface area contributed by atoms with Crippen molar-refractivity contribution in [2.75, 3.05) is 7.11 Å². The molecule has 1 rings (SSSR count). The molecule has 80 valence electrons. The molecule has 0 amide bonds. The van der Waals surface area contributed by atoms with Crippen LogP contribution in [0.25, 0.3) is 0 Å². The van der Waals surface area contributed by atoms with Gasteiger partial charge in [-0.2, -0.15) is 0 Å². The SMILES string of the molecule is COC(=N)C(O)c1ccccc1[N+](=O)[O-]. The fourth-order valence-corrected chi connectivity index (χ4v) is 1.14. The van der Waals surface area contributed by atoms with Crippen molar-refractivity contribution in [3.05, 3.63) is 39.9 Å². The van der Waals surface area contributed by atoms with Crippen LogP contribution in [-0.2, 0) is 4.74 Å². The lowest BCUT2D eigenvalue weighted by Crippen LogP contribution is -2.14. The van der Waals surface area contributed by atoms with Crippen molar-refractivity contribution in [3.8, 4) is 0 Å². The van der Waals surface area contributed by atoms with E-state index < -0.39 is 16.9 Å². The van der Waals surface area contributed by atoms with Gasteiger partial charge in [0.05, 0.1) is 17.6 Å². The Morgan fingerprint density at radius 1 is 1.60 bits per heavy atom. The van der Waals surface area contributed by atoms with Crippen molar-refractivity contribution in [2.24, 2.45) is 0 Å². The van der Waals surface area contributed by atoms with Crippen molar-refractivity contribution in [3.63, 3.8) is 0 Å². The summed E-state index contributed by atoms with van der Waals surface area (Å²) >= 11 is 0. The van der Waals surface area contributed by atoms with Crippen LogP contribution < -0.4 is 0 Å². The van der Waals surface area contributed by atoms with Crippen LogP contribution >= 0.6 is 0 Å². The largest absolute Gasteiger partial charge is 0.482 e. The standard InChI is InChI=1S/C9H10N2O4/c1-15-9(10)8(12)6-4-2-3-5-7(6)11(13)14/h2-5,8,10,12H,1H3. The van der Waals surface area contributed by atoms with Gasteiger partial charge in [0.1, 0.15) is 0 Å². The van der Waals surface area contributed by atoms with Crippen LogP contribution in [0.4, 0.5) is 5.69 Å². The molecule has 0 fully saturated rings. The highest BCUT2D eigenvalue weighted by molar-refractivity contribution is 5.80. The summed E-state index contributed by atoms with van der Waals surface area (Å²) in [5.41, 5.74) is -0.179. The van der Waals surface area contributed by atoms with Gasteiger partial charge in [0.15, 0.2) is 6.10 Å². The molecule has 0 aliphatic carbocycles. The molecule has 0 aliphatic rings. The monoisotopic (exact) mass is 210 g/mol. The van der Waals surface area contributed by atoms with Crippen molar-refractivity contribution in [2.45, 2.75) is 6.10 Å². The van der Waals surface area contributed by atoms with Crippen LogP contribution in [0.1, 0.15) is 11.7 Å². The van der Waals surface area contributed by atoms with Gasteiger partial charge in [-0.25, -0.2) is 0 Å². The summed E-state index contributed by atoms with van der Waals surface area (Å²) in [4.78, 5) is 10.0. The second kappa shape index (κ2) is 4.52. The van der Waals surface area contributed by atoms with E-state index in [9.17, 15) is 15.2 Å². The smallest absolute Gasteiger partial charge is 0.275 e. The predicted octanol–water partition coefficient (Wildman–Crippen LogP) is 1.25. The number of benzene rings is 1. The summed E-state index contributed by atoms with van der Waals surface area (Å²) in [6.45, 7) is 0. The van der Waals surface area contributed by atoms with Crippen molar-refractivity contribution < 1.29 is 14.8 Å². The summed E-state index contributed by atoms with van der Waals surface area (Å²) in [7, 11) is 1.22. The number of ether oxygens (including phenoxy) is 1. The average molecular weight is 210 g/mol. The summed E-state index contributed by atoms with van der Waals surface area (Å²) < 4.78 is 4.51. The lowest BCUT2D eigenvalue weighted by atomic mass is 10.1. The molecule has 0 aromatic heterocycles. The molecule has 0 bridgehead atoms. The van der Waals surface area contributed by atoms with E-state index in [4.69, 9.17) is 5.41 Å². The minimum atomic E-state index is -1.41. The van der Waals surface area contributed by atoms with Crippen LogP contribution in [0.2, 0.25) is 0 Å². The molecule has 1 atom stereocenters. The van der Waals surface area contributed by atoms with Crippen LogP contribution in [0.15, 0.2) is 24.3 Å². The number of methoxy groups -OCH3 is 1. The van der Waals surface area contributed by atoms with E-state index in [0.29, 0.717) is 0 Å². The number of hydrogen-bond acceptors (Lipinski definition) is 5. The third-order valence-corrected chi connectivity index (χ3v) is 1.90. The Bertz CT molecular complexity index is 391. The van der Waals surface area contributed by atoms with Crippen LogP contribution in [-0.4, -0.2) is 23.0 Å². The first kappa shape index (κ1) is 11.1. The molecule has 6 heteroatoms. The van der Waals surface area contributed by atoms with Gasteiger partial charge in [-0.15, -0.1) is 0 Å². The molecule has 15 heavy (non-hydrogen) atoms. The van der Waals surface area contributed by atoms with Crippen molar-refractivity contribution in [1.29, 1.82) is 5.41 Å². The fraction of sp³-hybridized carbons (Fsp3) is 0.222. The fourth-order valence-electron chi connectivity index (χ4n) is 1.14. The van der Waals surface area contributed by atoms with E-state index in [0.717, 1.165) is 0 Å². The summed E-state index contributed by atoms with van der Waals surface area (Å²) in [5, 5.41) is 27.4. The molecule has 0 saturated heterocycles. The highest BCUT2D eigenvalue weighted by Crippen LogP contribution is 2.25. The van der Waals surface area contributed by atoms with E-state index in [1.54, 1.807) is 6.07 Å². The van der Waals surface area contributed by atoms with Gasteiger partial charge in [-0.3, -0.25) is 15.5 Å². The molecule has 1 aromatic carbocycles. The second-order valence-electron chi connectivity index (χ2n) is 2.79. The van der Waals surface area contributed by atoms with E-state index in [-0.39, 0.29) is 11.3 Å². The molecule has 6 nitrogen and oxygen atoms in total. The first-order valence-electron chi connectivity index (χ1n) is 4.11. The lowest BCUT2D eigenvalue weighted by molar-refractivity contribution is -0.386. The molecule has 0 saturated carbocycles. The molecule has 0 radical (unpaired) electrons. The first-order valence-corrected chi connectivity index (χ1v) is 4.11. The van der Waals surface area contributed by atoms with Gasteiger partial charge < -0.3 is 9.84 Å². The molecule has 0 heterocycles. The number of aliphatic hydroxyl groups excluding tert-OH is 1. The highest BCUT2D eigenvalue weighted by atomic mass is 16.6. The zero-order chi connectivity index (χ0) is 11.4. The maximum atomic E-state index is 10.6. The van der Waals surface area contributed by atoms with Crippen molar-refractivity contribution >= 4 is 11.6 Å². The number of aliphatic hydroxyl groups is 1. The Morgan fingerprint density at radius 3 is 2.73 bits per heavy atom. The van der Waals surface area contributed by atoms with E-state index in [1.165, 1.54) is 25.3 Å². The van der Waals surface area contributed by atoms with Gasteiger partial charge in [0, 0.05) is 6.07 Å². The zero-order valence-corrected chi connectivity index (χ0v) is 8.01. The lowest BCUT2D eigenvalue weighted by Gasteiger charge is -2.10. The number of nitrogens with one attached hydrogen (secondary N) is 1. The Kier molecular flexibility index (Phi) is 3.35. The number of para-hydroxylation sites is 1. The minimum Gasteiger partial charge on any atom is -0.482 e. The van der Waals surface area contributed by atoms with E-state index in [2.05, 4.69) is 4.74 Å². The zero-order valence-electron chi connectivity index (χ0n) is 8.01. The summed E-state index contributed by atoms with van der Waals surface area (Å²) in [5.74, 6) is -0.427. The molecule has 2 N–H and O–H groups in total. The number of hydrogen-bond donors (Lipinski definition) is 2. The van der Waals surface area contributed by atoms with Gasteiger partial charge in [0.2, 0.25) is 5.90 Å². The summed E-state index contributed by atoms with van der Waals surface area (Å²) in [6, 6.07) is 5.69. The predicted molar refractivity (Wildman–Crippen MR) is 52.8 cm³/mol. The molecular weight excluding hydrogens is 200 g/mol. The van der Waals surface area contributed by atoms with Crippen molar-refractivity contribution in [1.82, 2.24) is 0 Å². The van der Waals surface area contributed by atoms with Gasteiger partial charge >= 0.3 is 0 Å². The Morgan fingerprint density at radius 2 is 2.20 bits per heavy atom. The quantitative estimate of drug-likeness (QED) is 0.339. The normalized spacial score (nSPS) is 11.9. The minimum absolute atomic E-state index is 0.0503. The number of nitro groups is 1. The molecular formula is C9H10N2O4. The van der Waals surface area contributed by atoms with Crippen LogP contribution in [0.3, 0.4) is 0 Å². The topological polar surface area (TPSA) is 96.5 Å². The molecule has 1 aromatic rings. The summed E-state index contributed by atoms with van der Waals surface area (Å²) in [6.07, 6.45) is -1.41. The highest BCUT2D eigenvalue weighted by Gasteiger charge is 2.23. The number of rotatable bonds is 3. The van der Waals surface area contributed by atoms with Gasteiger partial charge in [0.25, 0.3) is 5.69 Å². The Balaban J connectivity index is 3.13. The molecule has 1 unspecified atom stereocenters. The third-order valence-electron chi connectivity index (χ3n) is 1.90. The Hall–Kier alpha value is -1.95. The van der Waals surface area contributed by atoms with Gasteiger partial charge in [-0.1, -0.05) is 12.1 Å². The molecule has 0 aliphatic heterocycles. The number of nitro benzene ring substituents is 1. The second-order valence-corrected chi connectivity index (χ2v) is 2.79. The Labute approximate surface area is 85.8 Å². The van der Waals surface area contributed by atoms with E-state index in [1.807, 2.05) is 0 Å². The maximum Gasteiger partial charge on any atom is 0.275 e. The van der Waals surface area contributed by atoms with Gasteiger partial charge in [-0.05, 0) is 6.07 Å². The third kappa shape index (κ3) is 2.29. The molecule has 0 spiro atoms. The number of nitrogens with zero attached hydrogens (tertiary/aromatic N) is 1. The first-order chi connectivity index (χ1) is 7.07. The van der Waals surface area contributed by atoms with Crippen LogP contribution in [0, 0.1) is 15.5 Å². The maximum absolute atomic E-state index is 10.6. The van der Waals surface area contributed by atoms with Crippen LogP contribution in [0.5, 0.6) is 0 Å².